The summed E-state index contributed by atoms with van der Waals surface area (Å²) in [6, 6.07) is 15.2. The smallest absolute Gasteiger partial charge is 0.291 e. The summed E-state index contributed by atoms with van der Waals surface area (Å²) in [4.78, 5) is 19.1. The molecule has 1 aliphatic heterocycles. The Labute approximate surface area is 183 Å². The standard InChI is InChI=1S/C22H24F2N4O2S/c23-21(24)31-22-26-18-3-1-2-4-19(18)28(22)15-20(29)25-13-16-5-7-17(8-6-16)14-27-9-11-30-12-10-27/h1-8,21H,9-15H2,(H,25,29). The molecule has 1 aromatic heterocycles. The molecule has 0 atom stereocenters. The Morgan fingerprint density at radius 1 is 1.10 bits per heavy atom. The van der Waals surface area contributed by atoms with Crippen molar-refractivity contribution >= 4 is 28.7 Å². The van der Waals surface area contributed by atoms with Crippen LogP contribution in [0.5, 0.6) is 0 Å². The van der Waals surface area contributed by atoms with Gasteiger partial charge in [-0.15, -0.1) is 0 Å². The number of para-hydroxylation sites is 2. The predicted molar refractivity (Wildman–Crippen MR) is 116 cm³/mol. The summed E-state index contributed by atoms with van der Waals surface area (Å²) < 4.78 is 32.7. The summed E-state index contributed by atoms with van der Waals surface area (Å²) in [5, 5.41) is 3.01. The van der Waals surface area contributed by atoms with E-state index in [1.165, 1.54) is 10.1 Å². The number of nitrogens with one attached hydrogen (secondary N) is 1. The fraction of sp³-hybridized carbons (Fsp3) is 0.364. The zero-order valence-corrected chi connectivity index (χ0v) is 17.8. The number of ether oxygens (including phenoxy) is 1. The Hall–Kier alpha value is -2.49. The summed E-state index contributed by atoms with van der Waals surface area (Å²) in [7, 11) is 0. The maximum atomic E-state index is 12.9. The molecule has 164 valence electrons. The van der Waals surface area contributed by atoms with Crippen molar-refractivity contribution in [3.8, 4) is 0 Å². The molecule has 3 aromatic rings. The number of imidazole rings is 1. The highest BCUT2D eigenvalue weighted by atomic mass is 32.2. The number of rotatable bonds is 8. The number of hydrogen-bond donors (Lipinski definition) is 1. The van der Waals surface area contributed by atoms with E-state index in [9.17, 15) is 13.6 Å². The van der Waals surface area contributed by atoms with Crippen LogP contribution in [0.3, 0.4) is 0 Å². The van der Waals surface area contributed by atoms with E-state index in [0.29, 0.717) is 29.3 Å². The summed E-state index contributed by atoms with van der Waals surface area (Å²) >= 11 is 0.350. The Balaban J connectivity index is 1.35. The number of alkyl halides is 2. The number of fused-ring (bicyclic) bond motifs is 1. The first kappa shape index (κ1) is 21.7. The molecule has 1 saturated heterocycles. The molecule has 1 N–H and O–H groups in total. The van der Waals surface area contributed by atoms with E-state index in [4.69, 9.17) is 4.74 Å². The van der Waals surface area contributed by atoms with Gasteiger partial charge in [-0.1, -0.05) is 36.4 Å². The van der Waals surface area contributed by atoms with Crippen LogP contribution in [0.1, 0.15) is 11.1 Å². The maximum absolute atomic E-state index is 12.9. The fourth-order valence-electron chi connectivity index (χ4n) is 3.56. The van der Waals surface area contributed by atoms with Crippen LogP contribution in [0.2, 0.25) is 0 Å². The van der Waals surface area contributed by atoms with E-state index in [1.807, 2.05) is 12.1 Å². The van der Waals surface area contributed by atoms with Crippen LogP contribution in [0.15, 0.2) is 53.7 Å². The van der Waals surface area contributed by atoms with Gasteiger partial charge in [0.1, 0.15) is 6.54 Å². The van der Waals surface area contributed by atoms with Crippen molar-refractivity contribution in [2.24, 2.45) is 0 Å². The molecule has 0 bridgehead atoms. The second-order valence-electron chi connectivity index (χ2n) is 7.33. The van der Waals surface area contributed by atoms with Gasteiger partial charge >= 0.3 is 0 Å². The molecule has 0 unspecified atom stereocenters. The topological polar surface area (TPSA) is 59.4 Å². The van der Waals surface area contributed by atoms with Crippen molar-refractivity contribution in [2.75, 3.05) is 26.3 Å². The van der Waals surface area contributed by atoms with Crippen molar-refractivity contribution in [1.29, 1.82) is 0 Å². The molecule has 31 heavy (non-hydrogen) atoms. The molecule has 6 nitrogen and oxygen atoms in total. The van der Waals surface area contributed by atoms with Gasteiger partial charge in [0, 0.05) is 26.2 Å². The highest BCUT2D eigenvalue weighted by Gasteiger charge is 2.17. The number of carbonyl (C=O) groups excluding carboxylic acids is 1. The van der Waals surface area contributed by atoms with Crippen LogP contribution in [0, 0.1) is 0 Å². The number of amides is 1. The van der Waals surface area contributed by atoms with Crippen LogP contribution >= 0.6 is 11.8 Å². The lowest BCUT2D eigenvalue weighted by atomic mass is 10.1. The number of thioether (sulfide) groups is 1. The number of hydrogen-bond acceptors (Lipinski definition) is 5. The van der Waals surface area contributed by atoms with Gasteiger partial charge in [0.05, 0.1) is 24.2 Å². The number of halogens is 2. The van der Waals surface area contributed by atoms with E-state index in [-0.39, 0.29) is 17.6 Å². The first-order valence-electron chi connectivity index (χ1n) is 10.1. The molecule has 0 aliphatic carbocycles. The summed E-state index contributed by atoms with van der Waals surface area (Å²) in [5.74, 6) is -2.86. The molecule has 0 spiro atoms. The number of nitrogens with zero attached hydrogens (tertiary/aromatic N) is 3. The fourth-order valence-corrected chi connectivity index (χ4v) is 4.16. The summed E-state index contributed by atoms with van der Waals surface area (Å²) in [5.41, 5.74) is 3.45. The summed E-state index contributed by atoms with van der Waals surface area (Å²) in [6.07, 6.45) is 0. The highest BCUT2D eigenvalue weighted by Crippen LogP contribution is 2.28. The van der Waals surface area contributed by atoms with E-state index in [1.54, 1.807) is 24.3 Å². The largest absolute Gasteiger partial charge is 0.379 e. The molecule has 4 rings (SSSR count). The summed E-state index contributed by atoms with van der Waals surface area (Å²) in [6.45, 7) is 4.61. The van der Waals surface area contributed by atoms with Gasteiger partial charge in [-0.05, 0) is 35.0 Å². The Morgan fingerprint density at radius 3 is 2.55 bits per heavy atom. The van der Waals surface area contributed by atoms with Gasteiger partial charge in [0.2, 0.25) is 5.91 Å². The van der Waals surface area contributed by atoms with Gasteiger partial charge in [0.15, 0.2) is 5.16 Å². The Morgan fingerprint density at radius 2 is 1.81 bits per heavy atom. The minimum atomic E-state index is -2.60. The lowest BCUT2D eigenvalue weighted by Gasteiger charge is -2.26. The second-order valence-corrected chi connectivity index (χ2v) is 8.29. The van der Waals surface area contributed by atoms with E-state index in [2.05, 4.69) is 27.3 Å². The number of benzene rings is 2. The van der Waals surface area contributed by atoms with Gasteiger partial charge in [-0.25, -0.2) is 4.98 Å². The van der Waals surface area contributed by atoms with Gasteiger partial charge in [0.25, 0.3) is 5.76 Å². The lowest BCUT2D eigenvalue weighted by molar-refractivity contribution is -0.121. The molecule has 1 amide bonds. The number of aromatic nitrogens is 2. The second kappa shape index (κ2) is 10.2. The van der Waals surface area contributed by atoms with Gasteiger partial charge in [-0.3, -0.25) is 9.69 Å². The molecular weight excluding hydrogens is 422 g/mol. The van der Waals surface area contributed by atoms with E-state index >= 15 is 0 Å². The molecule has 1 aliphatic rings. The molecule has 1 fully saturated rings. The van der Waals surface area contributed by atoms with Gasteiger partial charge in [-0.2, -0.15) is 8.78 Å². The molecule has 2 aromatic carbocycles. The van der Waals surface area contributed by atoms with Crippen molar-refractivity contribution in [1.82, 2.24) is 19.8 Å². The third kappa shape index (κ3) is 5.81. The average molecular weight is 447 g/mol. The Kier molecular flexibility index (Phi) is 7.16. The molecule has 0 saturated carbocycles. The average Bonchev–Trinajstić information content (AvgIpc) is 3.10. The number of carbonyl (C=O) groups is 1. The maximum Gasteiger partial charge on any atom is 0.291 e. The lowest BCUT2D eigenvalue weighted by Crippen LogP contribution is -2.35. The molecular formula is C22H24F2N4O2S. The zero-order chi connectivity index (χ0) is 21.6. The first-order valence-corrected chi connectivity index (χ1v) is 11.0. The van der Waals surface area contributed by atoms with E-state index in [0.717, 1.165) is 38.4 Å². The van der Waals surface area contributed by atoms with Crippen LogP contribution in [-0.4, -0.2) is 52.4 Å². The minimum absolute atomic E-state index is 0.0648. The molecule has 9 heteroatoms. The Bertz CT molecular complexity index is 1020. The SMILES string of the molecule is O=C(Cn1c(SC(F)F)nc2ccccc21)NCc1ccc(CN2CCOCC2)cc1. The monoisotopic (exact) mass is 446 g/mol. The highest BCUT2D eigenvalue weighted by molar-refractivity contribution is 7.99. The third-order valence-corrected chi connectivity index (χ3v) is 5.84. The van der Waals surface area contributed by atoms with Crippen LogP contribution in [-0.2, 0) is 29.2 Å². The van der Waals surface area contributed by atoms with Crippen molar-refractivity contribution in [3.05, 3.63) is 59.7 Å². The minimum Gasteiger partial charge on any atom is -0.379 e. The first-order chi connectivity index (χ1) is 15.1. The van der Waals surface area contributed by atoms with Crippen LogP contribution in [0.25, 0.3) is 11.0 Å². The predicted octanol–water partition coefficient (Wildman–Crippen LogP) is 3.50. The van der Waals surface area contributed by atoms with Crippen LogP contribution in [0.4, 0.5) is 8.78 Å². The quantitative estimate of drug-likeness (QED) is 0.537. The zero-order valence-electron chi connectivity index (χ0n) is 17.0. The van der Waals surface area contributed by atoms with Crippen molar-refractivity contribution < 1.29 is 18.3 Å². The normalized spacial score (nSPS) is 14.9. The van der Waals surface area contributed by atoms with Gasteiger partial charge < -0.3 is 14.6 Å². The van der Waals surface area contributed by atoms with Crippen molar-refractivity contribution in [3.63, 3.8) is 0 Å². The van der Waals surface area contributed by atoms with Crippen LogP contribution < -0.4 is 5.32 Å². The number of morpholine rings is 1. The third-order valence-electron chi connectivity index (χ3n) is 5.14. The molecule has 2 heterocycles. The van der Waals surface area contributed by atoms with E-state index < -0.39 is 5.76 Å². The molecule has 0 radical (unpaired) electrons. The van der Waals surface area contributed by atoms with Crippen molar-refractivity contribution in [2.45, 2.75) is 30.5 Å².